The molecule has 1 saturated heterocycles. The molecule has 1 atom stereocenters. The molecule has 152 valence electrons. The number of piperidine rings is 1. The Morgan fingerprint density at radius 1 is 0.931 bits per heavy atom. The van der Waals surface area contributed by atoms with Gasteiger partial charge in [-0.1, -0.05) is 36.4 Å². The van der Waals surface area contributed by atoms with Gasteiger partial charge in [0.05, 0.1) is 0 Å². The fourth-order valence-electron chi connectivity index (χ4n) is 3.21. The van der Waals surface area contributed by atoms with Gasteiger partial charge < -0.3 is 20.9 Å². The van der Waals surface area contributed by atoms with E-state index < -0.39 is 6.04 Å². The molecule has 0 aliphatic carbocycles. The normalized spacial score (nSPS) is 15.3. The average Bonchev–Trinajstić information content (AvgIpc) is 2.75. The van der Waals surface area contributed by atoms with Gasteiger partial charge in [-0.25, -0.2) is 4.79 Å². The largest absolute Gasteiger partial charge is 0.351 e. The zero-order chi connectivity index (χ0) is 20.6. The summed E-state index contributed by atoms with van der Waals surface area (Å²) in [6.45, 7) is 2.79. The van der Waals surface area contributed by atoms with E-state index in [0.717, 1.165) is 5.69 Å². The molecule has 3 rings (SSSR count). The van der Waals surface area contributed by atoms with Crippen molar-refractivity contribution in [3.63, 3.8) is 0 Å². The van der Waals surface area contributed by atoms with Gasteiger partial charge in [0, 0.05) is 30.4 Å². The SMILES string of the molecule is CC(NC(=O)c1ccccc1)C(=O)NC1CCN(C(=O)Nc2ccccc2)CC1. The van der Waals surface area contributed by atoms with Crippen molar-refractivity contribution in [1.29, 1.82) is 0 Å². The fraction of sp³-hybridized carbons (Fsp3) is 0.318. The molecule has 29 heavy (non-hydrogen) atoms. The number of benzene rings is 2. The standard InChI is InChI=1S/C22H26N4O3/c1-16(23-21(28)17-8-4-2-5-9-17)20(27)24-19-12-14-26(15-13-19)22(29)25-18-10-6-3-7-11-18/h2-11,16,19H,12-15H2,1H3,(H,23,28)(H,24,27)(H,25,29). The van der Waals surface area contributed by atoms with Gasteiger partial charge in [0.25, 0.3) is 5.91 Å². The molecule has 0 bridgehead atoms. The quantitative estimate of drug-likeness (QED) is 0.728. The molecule has 4 amide bonds. The number of nitrogens with zero attached hydrogens (tertiary/aromatic N) is 1. The number of urea groups is 1. The van der Waals surface area contributed by atoms with Crippen LogP contribution in [0.5, 0.6) is 0 Å². The molecule has 2 aromatic carbocycles. The molecule has 0 aromatic heterocycles. The molecule has 0 radical (unpaired) electrons. The third kappa shape index (κ3) is 5.81. The molecule has 1 aliphatic heterocycles. The highest BCUT2D eigenvalue weighted by Crippen LogP contribution is 2.13. The molecule has 1 aliphatic rings. The highest BCUT2D eigenvalue weighted by molar-refractivity contribution is 5.97. The first-order chi connectivity index (χ1) is 14.0. The highest BCUT2D eigenvalue weighted by Gasteiger charge is 2.26. The van der Waals surface area contributed by atoms with Crippen molar-refractivity contribution in [3.8, 4) is 0 Å². The first kappa shape index (κ1) is 20.4. The van der Waals surface area contributed by atoms with Gasteiger partial charge in [0.15, 0.2) is 0 Å². The van der Waals surface area contributed by atoms with E-state index >= 15 is 0 Å². The Hall–Kier alpha value is -3.35. The summed E-state index contributed by atoms with van der Waals surface area (Å²) in [6, 6.07) is 17.3. The van der Waals surface area contributed by atoms with E-state index in [1.807, 2.05) is 36.4 Å². The molecule has 0 saturated carbocycles. The first-order valence-electron chi connectivity index (χ1n) is 9.80. The average molecular weight is 394 g/mol. The van der Waals surface area contributed by atoms with Gasteiger partial charge in [-0.3, -0.25) is 9.59 Å². The van der Waals surface area contributed by atoms with Crippen molar-refractivity contribution in [1.82, 2.24) is 15.5 Å². The van der Waals surface area contributed by atoms with Crippen LogP contribution in [0.4, 0.5) is 10.5 Å². The van der Waals surface area contributed by atoms with Crippen molar-refractivity contribution in [2.24, 2.45) is 0 Å². The molecule has 1 heterocycles. The zero-order valence-corrected chi connectivity index (χ0v) is 16.4. The van der Waals surface area contributed by atoms with Crippen LogP contribution in [-0.2, 0) is 4.79 Å². The molecular weight excluding hydrogens is 368 g/mol. The lowest BCUT2D eigenvalue weighted by atomic mass is 10.0. The number of amides is 4. The maximum absolute atomic E-state index is 12.4. The van der Waals surface area contributed by atoms with E-state index in [1.54, 1.807) is 36.1 Å². The molecule has 7 nitrogen and oxygen atoms in total. The Bertz CT molecular complexity index is 834. The summed E-state index contributed by atoms with van der Waals surface area (Å²) in [5, 5.41) is 8.56. The Morgan fingerprint density at radius 2 is 1.52 bits per heavy atom. The topological polar surface area (TPSA) is 90.5 Å². The van der Waals surface area contributed by atoms with Crippen LogP contribution < -0.4 is 16.0 Å². The molecule has 2 aromatic rings. The van der Waals surface area contributed by atoms with Crippen LogP contribution in [0.1, 0.15) is 30.1 Å². The van der Waals surface area contributed by atoms with E-state index in [-0.39, 0.29) is 23.9 Å². The van der Waals surface area contributed by atoms with Gasteiger partial charge in [0.2, 0.25) is 5.91 Å². The minimum atomic E-state index is -0.637. The molecular formula is C22H26N4O3. The van der Waals surface area contributed by atoms with Crippen molar-refractivity contribution < 1.29 is 14.4 Å². The second-order valence-electron chi connectivity index (χ2n) is 7.13. The fourth-order valence-corrected chi connectivity index (χ4v) is 3.21. The monoisotopic (exact) mass is 394 g/mol. The Kier molecular flexibility index (Phi) is 6.84. The van der Waals surface area contributed by atoms with Crippen molar-refractivity contribution in [3.05, 3.63) is 66.2 Å². The van der Waals surface area contributed by atoms with Gasteiger partial charge in [-0.05, 0) is 44.0 Å². The highest BCUT2D eigenvalue weighted by atomic mass is 16.2. The van der Waals surface area contributed by atoms with Crippen molar-refractivity contribution in [2.45, 2.75) is 31.8 Å². The minimum absolute atomic E-state index is 0.0145. The van der Waals surface area contributed by atoms with Crippen LogP contribution in [0, 0.1) is 0 Å². The predicted molar refractivity (Wildman–Crippen MR) is 112 cm³/mol. The number of rotatable bonds is 5. The minimum Gasteiger partial charge on any atom is -0.351 e. The van der Waals surface area contributed by atoms with Gasteiger partial charge in [-0.2, -0.15) is 0 Å². The second-order valence-corrected chi connectivity index (χ2v) is 7.13. The van der Waals surface area contributed by atoms with Crippen LogP contribution in [0.2, 0.25) is 0 Å². The third-order valence-corrected chi connectivity index (χ3v) is 4.93. The lowest BCUT2D eigenvalue weighted by Crippen LogP contribution is -2.52. The molecule has 0 spiro atoms. The van der Waals surface area contributed by atoms with Crippen LogP contribution in [-0.4, -0.2) is 47.9 Å². The first-order valence-corrected chi connectivity index (χ1v) is 9.80. The molecule has 3 N–H and O–H groups in total. The number of hydrogen-bond donors (Lipinski definition) is 3. The summed E-state index contributed by atoms with van der Waals surface area (Å²) in [5.41, 5.74) is 1.28. The summed E-state index contributed by atoms with van der Waals surface area (Å²) in [4.78, 5) is 38.7. The van der Waals surface area contributed by atoms with E-state index in [9.17, 15) is 14.4 Å². The van der Waals surface area contributed by atoms with Crippen LogP contribution in [0.15, 0.2) is 60.7 Å². The van der Waals surface area contributed by atoms with Crippen molar-refractivity contribution >= 4 is 23.5 Å². The Labute approximate surface area is 170 Å². The number of anilines is 1. The molecule has 1 fully saturated rings. The Morgan fingerprint density at radius 3 is 2.14 bits per heavy atom. The lowest BCUT2D eigenvalue weighted by molar-refractivity contribution is -0.123. The van der Waals surface area contributed by atoms with Crippen molar-refractivity contribution in [2.75, 3.05) is 18.4 Å². The van der Waals surface area contributed by atoms with Gasteiger partial charge >= 0.3 is 6.03 Å². The van der Waals surface area contributed by atoms with Crippen LogP contribution >= 0.6 is 0 Å². The molecule has 7 heteroatoms. The lowest BCUT2D eigenvalue weighted by Gasteiger charge is -2.33. The Balaban J connectivity index is 1.42. The van der Waals surface area contributed by atoms with E-state index in [0.29, 0.717) is 31.5 Å². The zero-order valence-electron chi connectivity index (χ0n) is 16.4. The summed E-state index contributed by atoms with van der Waals surface area (Å²) >= 11 is 0. The summed E-state index contributed by atoms with van der Waals surface area (Å²) in [7, 11) is 0. The number of para-hydroxylation sites is 1. The summed E-state index contributed by atoms with van der Waals surface area (Å²) in [5.74, 6) is -0.498. The summed E-state index contributed by atoms with van der Waals surface area (Å²) < 4.78 is 0. The predicted octanol–water partition coefficient (Wildman–Crippen LogP) is 2.62. The molecule has 1 unspecified atom stereocenters. The number of carbonyl (C=O) groups excluding carboxylic acids is 3. The van der Waals surface area contributed by atoms with Crippen LogP contribution in [0.3, 0.4) is 0 Å². The number of likely N-dealkylation sites (tertiary alicyclic amines) is 1. The van der Waals surface area contributed by atoms with Gasteiger partial charge in [-0.15, -0.1) is 0 Å². The van der Waals surface area contributed by atoms with E-state index in [4.69, 9.17) is 0 Å². The maximum Gasteiger partial charge on any atom is 0.321 e. The number of nitrogens with one attached hydrogen (secondary N) is 3. The second kappa shape index (κ2) is 9.73. The number of hydrogen-bond acceptors (Lipinski definition) is 3. The maximum atomic E-state index is 12.4. The summed E-state index contributed by atoms with van der Waals surface area (Å²) in [6.07, 6.45) is 1.35. The van der Waals surface area contributed by atoms with Crippen LogP contribution in [0.25, 0.3) is 0 Å². The van der Waals surface area contributed by atoms with E-state index in [2.05, 4.69) is 16.0 Å². The van der Waals surface area contributed by atoms with Gasteiger partial charge in [0.1, 0.15) is 6.04 Å². The van der Waals surface area contributed by atoms with E-state index in [1.165, 1.54) is 0 Å². The third-order valence-electron chi connectivity index (χ3n) is 4.93. The smallest absolute Gasteiger partial charge is 0.321 e. The number of carbonyl (C=O) groups is 3.